The average molecular weight is 212 g/mol. The van der Waals surface area contributed by atoms with Crippen LogP contribution in [0.4, 0.5) is 11.4 Å². The third-order valence-electron chi connectivity index (χ3n) is 2.66. The van der Waals surface area contributed by atoms with Crippen molar-refractivity contribution in [1.82, 2.24) is 0 Å². The molecule has 0 atom stereocenters. The molecule has 80 valence electrons. The summed E-state index contributed by atoms with van der Waals surface area (Å²) in [6.45, 7) is 2.48. The Labute approximate surface area is 94.7 Å². The van der Waals surface area contributed by atoms with Gasteiger partial charge in [-0.1, -0.05) is 0 Å². The summed E-state index contributed by atoms with van der Waals surface area (Å²) in [4.78, 5) is 2.15. The average Bonchev–Trinajstić information content (AvgIpc) is 2.35. The molecule has 1 aromatic rings. The van der Waals surface area contributed by atoms with Crippen molar-refractivity contribution in [3.05, 3.63) is 23.8 Å². The third kappa shape index (κ3) is 1.92. The summed E-state index contributed by atoms with van der Waals surface area (Å²) in [5.74, 6) is 0. The van der Waals surface area contributed by atoms with Crippen molar-refractivity contribution in [2.45, 2.75) is 6.42 Å². The Hall–Kier alpha value is -2.20. The van der Waals surface area contributed by atoms with E-state index in [0.717, 1.165) is 31.0 Å². The number of benzene rings is 1. The Balaban J connectivity index is 2.29. The van der Waals surface area contributed by atoms with E-state index in [1.165, 1.54) is 0 Å². The van der Waals surface area contributed by atoms with Gasteiger partial charge in [-0.05, 0) is 18.2 Å². The molecule has 16 heavy (non-hydrogen) atoms. The Bertz CT molecular complexity index is 467. The molecule has 0 fully saturated rings. The van der Waals surface area contributed by atoms with E-state index in [1.54, 1.807) is 6.07 Å². The van der Waals surface area contributed by atoms with Crippen LogP contribution in [0.3, 0.4) is 0 Å². The number of hydrogen-bond acceptors (Lipinski definition) is 4. The minimum absolute atomic E-state index is 0.510. The van der Waals surface area contributed by atoms with Gasteiger partial charge in [0.15, 0.2) is 0 Å². The normalized spacial score (nSPS) is 13.2. The van der Waals surface area contributed by atoms with Crippen LogP contribution in [0.1, 0.15) is 12.0 Å². The maximum Gasteiger partial charge on any atom is 0.0992 e. The van der Waals surface area contributed by atoms with Gasteiger partial charge in [0.05, 0.1) is 35.5 Å². The number of anilines is 2. The summed E-state index contributed by atoms with van der Waals surface area (Å²) in [5.41, 5.74) is 2.73. The molecule has 0 aromatic heterocycles. The van der Waals surface area contributed by atoms with Crippen LogP contribution >= 0.6 is 0 Å². The lowest BCUT2D eigenvalue weighted by Crippen LogP contribution is -2.34. The second-order valence-electron chi connectivity index (χ2n) is 3.67. The van der Waals surface area contributed by atoms with Crippen molar-refractivity contribution < 1.29 is 0 Å². The lowest BCUT2D eigenvalue weighted by Gasteiger charge is -2.31. The van der Waals surface area contributed by atoms with Gasteiger partial charge >= 0.3 is 0 Å². The third-order valence-corrected chi connectivity index (χ3v) is 2.66. The maximum absolute atomic E-state index is 8.86. The van der Waals surface area contributed by atoms with Gasteiger partial charge in [-0.2, -0.15) is 10.5 Å². The molecule has 4 heteroatoms. The summed E-state index contributed by atoms with van der Waals surface area (Å²) in [5, 5.41) is 20.7. The number of rotatable bonds is 2. The molecule has 0 bridgehead atoms. The van der Waals surface area contributed by atoms with Crippen molar-refractivity contribution in [3.8, 4) is 12.1 Å². The van der Waals surface area contributed by atoms with E-state index in [2.05, 4.69) is 22.4 Å². The first-order chi connectivity index (χ1) is 7.85. The number of nitrogens with one attached hydrogen (secondary N) is 1. The van der Waals surface area contributed by atoms with Gasteiger partial charge in [0.1, 0.15) is 0 Å². The van der Waals surface area contributed by atoms with Gasteiger partial charge in [0.25, 0.3) is 0 Å². The van der Waals surface area contributed by atoms with Gasteiger partial charge in [-0.25, -0.2) is 0 Å². The molecule has 1 heterocycles. The fourth-order valence-electron chi connectivity index (χ4n) is 1.88. The van der Waals surface area contributed by atoms with Crippen LogP contribution in [0, 0.1) is 22.7 Å². The highest BCUT2D eigenvalue weighted by atomic mass is 15.2. The molecule has 0 saturated heterocycles. The highest BCUT2D eigenvalue weighted by Crippen LogP contribution is 2.29. The van der Waals surface area contributed by atoms with Gasteiger partial charge in [-0.3, -0.25) is 0 Å². The maximum atomic E-state index is 8.86. The van der Waals surface area contributed by atoms with Crippen LogP contribution in [0.5, 0.6) is 0 Å². The number of nitriles is 2. The second-order valence-corrected chi connectivity index (χ2v) is 3.67. The van der Waals surface area contributed by atoms with Crippen LogP contribution in [0.15, 0.2) is 18.2 Å². The van der Waals surface area contributed by atoms with Gasteiger partial charge in [0, 0.05) is 19.6 Å². The smallest absolute Gasteiger partial charge is 0.0992 e. The molecule has 1 N–H and O–H groups in total. The molecule has 0 aliphatic carbocycles. The number of fused-ring (bicyclic) bond motifs is 1. The van der Waals surface area contributed by atoms with Crippen molar-refractivity contribution in [3.63, 3.8) is 0 Å². The lowest BCUT2D eigenvalue weighted by molar-refractivity contribution is 0.786. The van der Waals surface area contributed by atoms with Crippen LogP contribution < -0.4 is 10.2 Å². The van der Waals surface area contributed by atoms with E-state index in [0.29, 0.717) is 12.0 Å². The van der Waals surface area contributed by atoms with E-state index >= 15 is 0 Å². The molecular weight excluding hydrogens is 200 g/mol. The zero-order chi connectivity index (χ0) is 11.4. The van der Waals surface area contributed by atoms with Crippen molar-refractivity contribution in [2.24, 2.45) is 0 Å². The van der Waals surface area contributed by atoms with E-state index in [4.69, 9.17) is 10.5 Å². The van der Waals surface area contributed by atoms with E-state index < -0.39 is 0 Å². The summed E-state index contributed by atoms with van der Waals surface area (Å²) in [6, 6.07) is 9.88. The first-order valence-electron chi connectivity index (χ1n) is 5.25. The predicted molar refractivity (Wildman–Crippen MR) is 62.1 cm³/mol. The molecule has 1 aliphatic heterocycles. The Morgan fingerprint density at radius 1 is 1.38 bits per heavy atom. The quantitative estimate of drug-likeness (QED) is 0.810. The molecule has 0 radical (unpaired) electrons. The minimum Gasteiger partial charge on any atom is -0.382 e. The summed E-state index contributed by atoms with van der Waals surface area (Å²) >= 11 is 0. The van der Waals surface area contributed by atoms with Gasteiger partial charge < -0.3 is 10.2 Å². The van der Waals surface area contributed by atoms with E-state index in [9.17, 15) is 0 Å². The SMILES string of the molecule is N#CCCN1CCNc2ccc(C#N)cc21. The largest absolute Gasteiger partial charge is 0.382 e. The fourth-order valence-corrected chi connectivity index (χ4v) is 1.88. The van der Waals surface area contributed by atoms with Gasteiger partial charge in [-0.15, -0.1) is 0 Å². The molecule has 0 unspecified atom stereocenters. The summed E-state index contributed by atoms with van der Waals surface area (Å²) < 4.78 is 0. The standard InChI is InChI=1S/C12H12N4/c13-4-1-6-16-7-5-15-11-3-2-10(9-14)8-12(11)16/h2-3,8,15H,1,5-7H2. The van der Waals surface area contributed by atoms with Gasteiger partial charge in [0.2, 0.25) is 0 Å². The Morgan fingerprint density at radius 3 is 3.00 bits per heavy atom. The van der Waals surface area contributed by atoms with Crippen LogP contribution in [0.25, 0.3) is 0 Å². The van der Waals surface area contributed by atoms with Crippen molar-refractivity contribution in [2.75, 3.05) is 29.9 Å². The first kappa shape index (κ1) is 10.3. The minimum atomic E-state index is 0.510. The zero-order valence-corrected chi connectivity index (χ0v) is 8.90. The Kier molecular flexibility index (Phi) is 2.93. The van der Waals surface area contributed by atoms with Crippen LogP contribution in [-0.4, -0.2) is 19.6 Å². The van der Waals surface area contributed by atoms with Crippen molar-refractivity contribution in [1.29, 1.82) is 10.5 Å². The second kappa shape index (κ2) is 4.55. The zero-order valence-electron chi connectivity index (χ0n) is 8.90. The fraction of sp³-hybridized carbons (Fsp3) is 0.333. The van der Waals surface area contributed by atoms with E-state index in [-0.39, 0.29) is 0 Å². The highest BCUT2D eigenvalue weighted by Gasteiger charge is 2.16. The number of nitrogens with zero attached hydrogens (tertiary/aromatic N) is 3. The summed E-state index contributed by atoms with van der Waals surface area (Å²) in [7, 11) is 0. The highest BCUT2D eigenvalue weighted by molar-refractivity contribution is 5.73. The topological polar surface area (TPSA) is 62.9 Å². The molecule has 0 amide bonds. The molecule has 4 nitrogen and oxygen atoms in total. The van der Waals surface area contributed by atoms with E-state index in [1.807, 2.05) is 12.1 Å². The van der Waals surface area contributed by atoms with Crippen molar-refractivity contribution >= 4 is 11.4 Å². The molecule has 0 saturated carbocycles. The lowest BCUT2D eigenvalue weighted by atomic mass is 10.1. The monoisotopic (exact) mass is 212 g/mol. The van der Waals surface area contributed by atoms with Crippen LogP contribution in [0.2, 0.25) is 0 Å². The summed E-state index contributed by atoms with van der Waals surface area (Å²) in [6.07, 6.45) is 0.510. The number of hydrogen-bond donors (Lipinski definition) is 1. The molecule has 1 aromatic carbocycles. The first-order valence-corrected chi connectivity index (χ1v) is 5.25. The van der Waals surface area contributed by atoms with Crippen LogP contribution in [-0.2, 0) is 0 Å². The predicted octanol–water partition coefficient (Wildman–Crippen LogP) is 1.70. The molecule has 2 rings (SSSR count). The molecular formula is C12H12N4. The molecule has 0 spiro atoms. The Morgan fingerprint density at radius 2 is 2.25 bits per heavy atom. The molecule has 1 aliphatic rings.